The number of carbonyl (C=O) groups is 1. The second-order valence-electron chi connectivity index (χ2n) is 6.18. The molecule has 6 heteroatoms. The van der Waals surface area contributed by atoms with Gasteiger partial charge in [0.1, 0.15) is 5.82 Å². The number of nitrogens with one attached hydrogen (secondary N) is 1. The van der Waals surface area contributed by atoms with E-state index in [1.54, 1.807) is 0 Å². The molecule has 0 bridgehead atoms. The van der Waals surface area contributed by atoms with Crippen molar-refractivity contribution in [2.24, 2.45) is 0 Å². The first-order valence-corrected chi connectivity index (χ1v) is 9.46. The van der Waals surface area contributed by atoms with Gasteiger partial charge in [0.05, 0.1) is 5.75 Å². The normalized spacial score (nSPS) is 10.7. The molecule has 1 aromatic heterocycles. The van der Waals surface area contributed by atoms with Crippen molar-refractivity contribution in [3.63, 3.8) is 0 Å². The lowest BCUT2D eigenvalue weighted by Crippen LogP contribution is -2.24. The van der Waals surface area contributed by atoms with E-state index in [0.29, 0.717) is 12.3 Å². The predicted octanol–water partition coefficient (Wildman–Crippen LogP) is 3.60. The van der Waals surface area contributed by atoms with E-state index in [0.717, 1.165) is 22.2 Å². The van der Waals surface area contributed by atoms with E-state index in [4.69, 9.17) is 0 Å². The SMILES string of the molecule is Cc1ccc(-n2c(C)nnc2SCC(=O)NCc2ccccc2)cc1C. The number of hydrogen-bond acceptors (Lipinski definition) is 4. The molecule has 0 unspecified atom stereocenters. The van der Waals surface area contributed by atoms with E-state index in [1.807, 2.05) is 41.8 Å². The number of amides is 1. The van der Waals surface area contributed by atoms with Gasteiger partial charge < -0.3 is 5.32 Å². The summed E-state index contributed by atoms with van der Waals surface area (Å²) < 4.78 is 1.99. The third-order valence-electron chi connectivity index (χ3n) is 4.21. The Bertz CT molecular complexity index is 905. The van der Waals surface area contributed by atoms with Gasteiger partial charge in [-0.05, 0) is 49.6 Å². The van der Waals surface area contributed by atoms with Crippen LogP contribution in [0, 0.1) is 20.8 Å². The van der Waals surface area contributed by atoms with Crippen molar-refractivity contribution in [1.29, 1.82) is 0 Å². The van der Waals surface area contributed by atoms with Crippen molar-refractivity contribution < 1.29 is 4.79 Å². The molecule has 0 saturated carbocycles. The molecule has 2 aromatic carbocycles. The molecule has 0 aliphatic carbocycles. The highest BCUT2D eigenvalue weighted by Crippen LogP contribution is 2.23. The molecule has 3 rings (SSSR count). The number of hydrogen-bond donors (Lipinski definition) is 1. The molecule has 0 radical (unpaired) electrons. The molecular formula is C20H22N4OS. The molecule has 0 aliphatic rings. The maximum atomic E-state index is 12.2. The van der Waals surface area contributed by atoms with Crippen LogP contribution in [-0.4, -0.2) is 26.4 Å². The minimum atomic E-state index is -0.0221. The van der Waals surface area contributed by atoms with E-state index in [9.17, 15) is 4.79 Å². The summed E-state index contributed by atoms with van der Waals surface area (Å²) in [5.74, 6) is 1.09. The maximum Gasteiger partial charge on any atom is 0.230 e. The van der Waals surface area contributed by atoms with Crippen LogP contribution in [0.4, 0.5) is 0 Å². The zero-order valence-electron chi connectivity index (χ0n) is 15.2. The topological polar surface area (TPSA) is 59.8 Å². The fourth-order valence-electron chi connectivity index (χ4n) is 2.58. The summed E-state index contributed by atoms with van der Waals surface area (Å²) in [6, 6.07) is 16.1. The van der Waals surface area contributed by atoms with Crippen LogP contribution in [0.2, 0.25) is 0 Å². The molecule has 0 saturated heterocycles. The molecule has 0 atom stereocenters. The average Bonchev–Trinajstić information content (AvgIpc) is 3.02. The molecule has 0 spiro atoms. The van der Waals surface area contributed by atoms with Gasteiger partial charge in [0.2, 0.25) is 5.91 Å². The largest absolute Gasteiger partial charge is 0.351 e. The summed E-state index contributed by atoms with van der Waals surface area (Å²) in [5.41, 5.74) is 4.56. The quantitative estimate of drug-likeness (QED) is 0.677. The van der Waals surface area contributed by atoms with Gasteiger partial charge in [0, 0.05) is 12.2 Å². The second kappa shape index (κ2) is 8.19. The summed E-state index contributed by atoms with van der Waals surface area (Å²) in [6.07, 6.45) is 0. The first kappa shape index (κ1) is 18.2. The van der Waals surface area contributed by atoms with Crippen LogP contribution in [0.5, 0.6) is 0 Å². The van der Waals surface area contributed by atoms with Crippen LogP contribution in [0.1, 0.15) is 22.5 Å². The lowest BCUT2D eigenvalue weighted by atomic mass is 10.1. The van der Waals surface area contributed by atoms with Crippen molar-refractivity contribution in [3.8, 4) is 5.69 Å². The third-order valence-corrected chi connectivity index (χ3v) is 5.14. The van der Waals surface area contributed by atoms with Crippen LogP contribution in [0.3, 0.4) is 0 Å². The van der Waals surface area contributed by atoms with Gasteiger partial charge >= 0.3 is 0 Å². The summed E-state index contributed by atoms with van der Waals surface area (Å²) in [7, 11) is 0. The highest BCUT2D eigenvalue weighted by Gasteiger charge is 2.13. The Labute approximate surface area is 157 Å². The summed E-state index contributed by atoms with van der Waals surface area (Å²) in [5, 5.41) is 12.1. The van der Waals surface area contributed by atoms with Crippen LogP contribution < -0.4 is 5.32 Å². The van der Waals surface area contributed by atoms with Gasteiger partial charge in [-0.25, -0.2) is 0 Å². The van der Waals surface area contributed by atoms with E-state index in [2.05, 4.69) is 47.6 Å². The number of aromatic nitrogens is 3. The van der Waals surface area contributed by atoms with Crippen molar-refractivity contribution in [2.75, 3.05) is 5.75 Å². The molecule has 3 aromatic rings. The number of rotatable bonds is 6. The monoisotopic (exact) mass is 366 g/mol. The molecule has 0 aliphatic heterocycles. The number of carbonyl (C=O) groups excluding carboxylic acids is 1. The van der Waals surface area contributed by atoms with Crippen LogP contribution >= 0.6 is 11.8 Å². The zero-order valence-corrected chi connectivity index (χ0v) is 16.0. The first-order valence-electron chi connectivity index (χ1n) is 8.47. The molecule has 0 fully saturated rings. The average molecular weight is 366 g/mol. The van der Waals surface area contributed by atoms with Gasteiger partial charge in [0.15, 0.2) is 5.16 Å². The number of benzene rings is 2. The number of aryl methyl sites for hydroxylation is 3. The zero-order chi connectivity index (χ0) is 18.5. The highest BCUT2D eigenvalue weighted by atomic mass is 32.2. The number of thioether (sulfide) groups is 1. The Morgan fingerprint density at radius 1 is 1.04 bits per heavy atom. The molecule has 26 heavy (non-hydrogen) atoms. The molecule has 5 nitrogen and oxygen atoms in total. The van der Waals surface area contributed by atoms with E-state index in [1.165, 1.54) is 22.9 Å². The molecule has 1 heterocycles. The maximum absolute atomic E-state index is 12.2. The van der Waals surface area contributed by atoms with Crippen molar-refractivity contribution in [3.05, 3.63) is 71.0 Å². The highest BCUT2D eigenvalue weighted by molar-refractivity contribution is 7.99. The van der Waals surface area contributed by atoms with E-state index in [-0.39, 0.29) is 5.91 Å². The van der Waals surface area contributed by atoms with Crippen molar-refractivity contribution in [1.82, 2.24) is 20.1 Å². The van der Waals surface area contributed by atoms with Crippen LogP contribution in [0.25, 0.3) is 5.69 Å². The van der Waals surface area contributed by atoms with Gasteiger partial charge in [-0.2, -0.15) is 0 Å². The van der Waals surface area contributed by atoms with Crippen LogP contribution in [0.15, 0.2) is 53.7 Å². The van der Waals surface area contributed by atoms with E-state index >= 15 is 0 Å². The fourth-order valence-corrected chi connectivity index (χ4v) is 3.40. The fraction of sp³-hybridized carbons (Fsp3) is 0.250. The lowest BCUT2D eigenvalue weighted by Gasteiger charge is -2.10. The molecule has 1 amide bonds. The summed E-state index contributed by atoms with van der Waals surface area (Å²) in [6.45, 7) is 6.62. The van der Waals surface area contributed by atoms with Gasteiger partial charge in [-0.3, -0.25) is 9.36 Å². The van der Waals surface area contributed by atoms with Crippen LogP contribution in [-0.2, 0) is 11.3 Å². The van der Waals surface area contributed by atoms with Gasteiger partial charge in [-0.1, -0.05) is 48.2 Å². The Kier molecular flexibility index (Phi) is 5.73. The van der Waals surface area contributed by atoms with Gasteiger partial charge in [-0.15, -0.1) is 10.2 Å². The Morgan fingerprint density at radius 2 is 1.81 bits per heavy atom. The third kappa shape index (κ3) is 4.32. The molecular weight excluding hydrogens is 344 g/mol. The first-order chi connectivity index (χ1) is 12.5. The summed E-state index contributed by atoms with van der Waals surface area (Å²) in [4.78, 5) is 12.2. The second-order valence-corrected chi connectivity index (χ2v) is 7.13. The van der Waals surface area contributed by atoms with E-state index < -0.39 is 0 Å². The van der Waals surface area contributed by atoms with Crippen molar-refractivity contribution in [2.45, 2.75) is 32.5 Å². The molecule has 134 valence electrons. The Balaban J connectivity index is 1.65. The standard InChI is InChI=1S/C20H22N4OS/c1-14-9-10-18(11-15(14)2)24-16(3)22-23-20(24)26-13-19(25)21-12-17-7-5-4-6-8-17/h4-11H,12-13H2,1-3H3,(H,21,25). The van der Waals surface area contributed by atoms with Gasteiger partial charge in [0.25, 0.3) is 0 Å². The smallest absolute Gasteiger partial charge is 0.230 e. The Morgan fingerprint density at radius 3 is 2.54 bits per heavy atom. The predicted molar refractivity (Wildman–Crippen MR) is 105 cm³/mol. The minimum Gasteiger partial charge on any atom is -0.351 e. The molecule has 1 N–H and O–H groups in total. The Hall–Kier alpha value is -2.60. The lowest BCUT2D eigenvalue weighted by molar-refractivity contribution is -0.118. The number of nitrogens with zero attached hydrogens (tertiary/aromatic N) is 3. The minimum absolute atomic E-state index is 0.0221. The summed E-state index contributed by atoms with van der Waals surface area (Å²) >= 11 is 1.39. The van der Waals surface area contributed by atoms with Crippen molar-refractivity contribution >= 4 is 17.7 Å².